The van der Waals surface area contributed by atoms with E-state index in [1.165, 1.54) is 14.0 Å². The highest BCUT2D eigenvalue weighted by molar-refractivity contribution is 5.94. The van der Waals surface area contributed by atoms with E-state index in [-0.39, 0.29) is 31.0 Å². The molecule has 1 saturated heterocycles. The Morgan fingerprint density at radius 1 is 1.29 bits per heavy atom. The van der Waals surface area contributed by atoms with Gasteiger partial charge in [-0.25, -0.2) is 18.7 Å². The smallest absolute Gasteiger partial charge is 0.273 e. The summed E-state index contributed by atoms with van der Waals surface area (Å²) in [5, 5.41) is 5.61. The Morgan fingerprint density at radius 2 is 2.06 bits per heavy atom. The Labute approximate surface area is 179 Å². The number of ether oxygens (including phenoxy) is 1. The quantitative estimate of drug-likeness (QED) is 0.727. The van der Waals surface area contributed by atoms with Crippen LogP contribution in [-0.4, -0.2) is 58.8 Å². The van der Waals surface area contributed by atoms with Crippen LogP contribution < -0.4 is 15.4 Å². The highest BCUT2D eigenvalue weighted by Crippen LogP contribution is 2.31. The molecule has 1 aliphatic rings. The maximum Gasteiger partial charge on any atom is 0.273 e. The zero-order valence-corrected chi connectivity index (χ0v) is 17.6. The van der Waals surface area contributed by atoms with Crippen LogP contribution in [0.15, 0.2) is 30.5 Å². The molecule has 2 aromatic rings. The molecule has 3 rings (SSSR count). The van der Waals surface area contributed by atoms with Gasteiger partial charge in [-0.1, -0.05) is 6.07 Å². The zero-order chi connectivity index (χ0) is 22.6. The van der Waals surface area contributed by atoms with E-state index >= 15 is 0 Å². The van der Waals surface area contributed by atoms with E-state index in [1.807, 2.05) is 0 Å². The number of aromatic nitrogens is 2. The highest BCUT2D eigenvalue weighted by atomic mass is 19.3. The molecule has 8 nitrogen and oxygen atoms in total. The van der Waals surface area contributed by atoms with Crippen molar-refractivity contribution >= 4 is 23.5 Å². The first-order valence-corrected chi connectivity index (χ1v) is 9.86. The molecule has 0 saturated carbocycles. The van der Waals surface area contributed by atoms with Crippen molar-refractivity contribution in [3.63, 3.8) is 0 Å². The first-order valence-electron chi connectivity index (χ1n) is 9.86. The van der Waals surface area contributed by atoms with Gasteiger partial charge < -0.3 is 20.3 Å². The number of carbonyl (C=O) groups excluding carboxylic acids is 2. The lowest BCUT2D eigenvalue weighted by atomic mass is 9.98. The van der Waals surface area contributed by atoms with Gasteiger partial charge >= 0.3 is 0 Å². The second kappa shape index (κ2) is 9.23. The van der Waals surface area contributed by atoms with Crippen LogP contribution in [0.4, 0.5) is 20.4 Å². The average Bonchev–Trinajstić information content (AvgIpc) is 2.73. The first kappa shape index (κ1) is 22.4. The molecule has 2 aromatic heterocycles. The van der Waals surface area contributed by atoms with E-state index in [2.05, 4.69) is 20.6 Å². The van der Waals surface area contributed by atoms with Crippen molar-refractivity contribution in [2.75, 3.05) is 25.5 Å². The molecule has 1 aliphatic heterocycles. The van der Waals surface area contributed by atoms with Crippen molar-refractivity contribution in [3.05, 3.63) is 41.7 Å². The van der Waals surface area contributed by atoms with Gasteiger partial charge in [-0.2, -0.15) is 0 Å². The van der Waals surface area contributed by atoms with Crippen LogP contribution in [0.5, 0.6) is 5.75 Å². The third-order valence-electron chi connectivity index (χ3n) is 5.06. The number of amides is 2. The normalized spacial score (nSPS) is 17.7. The predicted molar refractivity (Wildman–Crippen MR) is 111 cm³/mol. The summed E-state index contributed by atoms with van der Waals surface area (Å²) in [6.07, 6.45) is 1.31. The van der Waals surface area contributed by atoms with Gasteiger partial charge in [0.15, 0.2) is 0 Å². The average molecular weight is 433 g/mol. The molecule has 1 unspecified atom stereocenters. The van der Waals surface area contributed by atoms with Crippen LogP contribution in [0.2, 0.25) is 0 Å². The number of halogens is 2. The van der Waals surface area contributed by atoms with Gasteiger partial charge in [-0.05, 0) is 31.0 Å². The molecule has 0 bridgehead atoms. The summed E-state index contributed by atoms with van der Waals surface area (Å²) in [6.45, 7) is 2.43. The van der Waals surface area contributed by atoms with E-state index in [4.69, 9.17) is 4.74 Å². The Bertz CT molecular complexity index is 970. The molecule has 3 heterocycles. The van der Waals surface area contributed by atoms with Crippen LogP contribution in [-0.2, 0) is 4.79 Å². The van der Waals surface area contributed by atoms with E-state index in [1.54, 1.807) is 37.4 Å². The maximum absolute atomic E-state index is 14.1. The predicted octanol–water partition coefficient (Wildman–Crippen LogP) is 2.91. The van der Waals surface area contributed by atoms with Gasteiger partial charge in [-0.15, -0.1) is 0 Å². The van der Waals surface area contributed by atoms with Crippen LogP contribution in [0.3, 0.4) is 0 Å². The Morgan fingerprint density at radius 3 is 2.77 bits per heavy atom. The van der Waals surface area contributed by atoms with Crippen LogP contribution in [0, 0.1) is 6.92 Å². The molecule has 1 fully saturated rings. The minimum Gasteiger partial charge on any atom is -0.497 e. The van der Waals surface area contributed by atoms with Crippen LogP contribution in [0.25, 0.3) is 0 Å². The van der Waals surface area contributed by atoms with Crippen molar-refractivity contribution in [2.24, 2.45) is 0 Å². The van der Waals surface area contributed by atoms with Gasteiger partial charge in [0.25, 0.3) is 11.8 Å². The van der Waals surface area contributed by atoms with Crippen LogP contribution in [0.1, 0.15) is 35.8 Å². The van der Waals surface area contributed by atoms with E-state index in [0.717, 1.165) is 4.90 Å². The molecule has 166 valence electrons. The summed E-state index contributed by atoms with van der Waals surface area (Å²) in [5.74, 6) is -2.47. The summed E-state index contributed by atoms with van der Waals surface area (Å²) in [4.78, 5) is 34.2. The number of nitrogens with one attached hydrogen (secondary N) is 2. The van der Waals surface area contributed by atoms with Crippen molar-refractivity contribution < 1.29 is 23.1 Å². The van der Waals surface area contributed by atoms with E-state index in [0.29, 0.717) is 22.9 Å². The highest BCUT2D eigenvalue weighted by Gasteiger charge is 2.42. The third-order valence-corrected chi connectivity index (χ3v) is 5.06. The number of anilines is 2. The zero-order valence-electron chi connectivity index (χ0n) is 17.6. The number of methoxy groups -OCH3 is 1. The maximum atomic E-state index is 14.1. The molecule has 2 amide bonds. The fourth-order valence-corrected chi connectivity index (χ4v) is 3.39. The fourth-order valence-electron chi connectivity index (χ4n) is 3.39. The lowest BCUT2D eigenvalue weighted by Gasteiger charge is -2.39. The molecule has 10 heteroatoms. The first-order chi connectivity index (χ1) is 14.7. The Balaban J connectivity index is 1.85. The summed E-state index contributed by atoms with van der Waals surface area (Å²) in [7, 11) is 1.53. The molecule has 0 radical (unpaired) electrons. The van der Waals surface area contributed by atoms with Gasteiger partial charge in [0.1, 0.15) is 23.1 Å². The van der Waals surface area contributed by atoms with Crippen molar-refractivity contribution in [1.29, 1.82) is 0 Å². The largest absolute Gasteiger partial charge is 0.497 e. The number of hydrogen-bond donors (Lipinski definition) is 2. The summed E-state index contributed by atoms with van der Waals surface area (Å²) < 4.78 is 33.4. The molecular weight excluding hydrogens is 408 g/mol. The Kier molecular flexibility index (Phi) is 6.67. The number of alkyl halides is 2. The molecular formula is C21H25F2N5O3. The van der Waals surface area contributed by atoms with Gasteiger partial charge in [0, 0.05) is 38.2 Å². The SMILES string of the molecule is COc1ccnc(Nc2ccc(C)c(C(=O)N3CC(F)(F)CCC3CNC(C)=O)n2)c1. The summed E-state index contributed by atoms with van der Waals surface area (Å²) in [5.41, 5.74) is 0.625. The molecule has 1 atom stereocenters. The summed E-state index contributed by atoms with van der Waals surface area (Å²) in [6, 6.07) is 6.18. The number of piperidine rings is 1. The topological polar surface area (TPSA) is 96.5 Å². The summed E-state index contributed by atoms with van der Waals surface area (Å²) >= 11 is 0. The second-order valence-electron chi connectivity index (χ2n) is 7.49. The Hall–Kier alpha value is -3.30. The van der Waals surface area contributed by atoms with Gasteiger partial charge in [0.2, 0.25) is 5.91 Å². The minimum atomic E-state index is -2.99. The number of likely N-dealkylation sites (tertiary alicyclic amines) is 1. The van der Waals surface area contributed by atoms with E-state index in [9.17, 15) is 18.4 Å². The van der Waals surface area contributed by atoms with Crippen LogP contribution >= 0.6 is 0 Å². The van der Waals surface area contributed by atoms with Gasteiger partial charge in [-0.3, -0.25) is 9.59 Å². The number of carbonyl (C=O) groups is 2. The second-order valence-corrected chi connectivity index (χ2v) is 7.49. The molecule has 31 heavy (non-hydrogen) atoms. The fraction of sp³-hybridized carbons (Fsp3) is 0.429. The van der Waals surface area contributed by atoms with E-state index < -0.39 is 24.4 Å². The van der Waals surface area contributed by atoms with Crippen molar-refractivity contribution in [1.82, 2.24) is 20.2 Å². The number of nitrogens with zero attached hydrogens (tertiary/aromatic N) is 3. The molecule has 0 spiro atoms. The minimum absolute atomic E-state index is 0.0680. The standard InChI is InChI=1S/C21H25F2N5O3/c1-13-4-5-17(26-18-10-16(31-3)7-9-24-18)27-19(13)20(30)28-12-21(22,23)8-6-15(28)11-25-14(2)29/h4-5,7,9-10,15H,6,8,11-12H2,1-3H3,(H,25,29)(H,24,26,27). The monoisotopic (exact) mass is 433 g/mol. The molecule has 2 N–H and O–H groups in total. The number of rotatable bonds is 6. The lowest BCUT2D eigenvalue weighted by Crippen LogP contribution is -2.55. The number of pyridine rings is 2. The van der Waals surface area contributed by atoms with Crippen molar-refractivity contribution in [3.8, 4) is 5.75 Å². The molecule has 0 aromatic carbocycles. The lowest BCUT2D eigenvalue weighted by molar-refractivity contribution is -0.119. The molecule has 0 aliphatic carbocycles. The third kappa shape index (κ3) is 5.65. The number of hydrogen-bond acceptors (Lipinski definition) is 6. The van der Waals surface area contributed by atoms with Crippen molar-refractivity contribution in [2.45, 2.75) is 38.7 Å². The number of aryl methyl sites for hydroxylation is 1. The van der Waals surface area contributed by atoms with Gasteiger partial charge in [0.05, 0.1) is 13.7 Å².